The van der Waals surface area contributed by atoms with Crippen molar-refractivity contribution < 1.29 is 4.79 Å². The number of rotatable bonds is 3. The SMILES string of the molecule is O=C(NC1CC(c2ccccc2)C1)C1CCCNC1. The highest BCUT2D eigenvalue weighted by Gasteiger charge is 2.32. The van der Waals surface area contributed by atoms with Crippen LogP contribution >= 0.6 is 0 Å². The summed E-state index contributed by atoms with van der Waals surface area (Å²) in [4.78, 5) is 12.1. The Morgan fingerprint density at radius 2 is 2.00 bits per heavy atom. The standard InChI is InChI=1S/C16H22N2O/c19-16(13-7-4-8-17-11-13)18-15-9-14(10-15)12-5-2-1-3-6-12/h1-3,5-6,13-15,17H,4,7-11H2,(H,18,19). The van der Waals surface area contributed by atoms with Crippen LogP contribution in [0.15, 0.2) is 30.3 Å². The average molecular weight is 258 g/mol. The van der Waals surface area contributed by atoms with Gasteiger partial charge in [0.15, 0.2) is 0 Å². The molecular formula is C16H22N2O. The number of hydrogen-bond donors (Lipinski definition) is 2. The normalized spacial score (nSPS) is 30.4. The summed E-state index contributed by atoms with van der Waals surface area (Å²) >= 11 is 0. The zero-order valence-electron chi connectivity index (χ0n) is 11.3. The molecule has 1 unspecified atom stereocenters. The molecule has 3 heteroatoms. The van der Waals surface area contributed by atoms with Crippen molar-refractivity contribution in [1.29, 1.82) is 0 Å². The molecule has 1 aliphatic heterocycles. The first kappa shape index (κ1) is 12.7. The summed E-state index contributed by atoms with van der Waals surface area (Å²) in [5.41, 5.74) is 1.41. The summed E-state index contributed by atoms with van der Waals surface area (Å²) in [6.45, 7) is 1.91. The fourth-order valence-electron chi connectivity index (χ4n) is 3.13. The van der Waals surface area contributed by atoms with Gasteiger partial charge in [0.25, 0.3) is 0 Å². The Balaban J connectivity index is 1.45. The van der Waals surface area contributed by atoms with Gasteiger partial charge >= 0.3 is 0 Å². The first-order valence-electron chi connectivity index (χ1n) is 7.39. The van der Waals surface area contributed by atoms with E-state index >= 15 is 0 Å². The molecule has 1 heterocycles. The Morgan fingerprint density at radius 1 is 1.21 bits per heavy atom. The first-order valence-corrected chi connectivity index (χ1v) is 7.39. The predicted molar refractivity (Wildman–Crippen MR) is 75.9 cm³/mol. The highest BCUT2D eigenvalue weighted by atomic mass is 16.2. The van der Waals surface area contributed by atoms with Crippen LogP contribution in [0.3, 0.4) is 0 Å². The van der Waals surface area contributed by atoms with Crippen molar-refractivity contribution in [1.82, 2.24) is 10.6 Å². The van der Waals surface area contributed by atoms with Crippen LogP contribution in [-0.2, 0) is 4.79 Å². The summed E-state index contributed by atoms with van der Waals surface area (Å²) in [6.07, 6.45) is 4.34. The molecule has 1 aromatic carbocycles. The molecule has 2 N–H and O–H groups in total. The Bertz CT molecular complexity index is 420. The molecule has 19 heavy (non-hydrogen) atoms. The quantitative estimate of drug-likeness (QED) is 0.871. The highest BCUT2D eigenvalue weighted by molar-refractivity contribution is 5.79. The monoisotopic (exact) mass is 258 g/mol. The van der Waals surface area contributed by atoms with Crippen molar-refractivity contribution in [2.75, 3.05) is 13.1 Å². The maximum Gasteiger partial charge on any atom is 0.224 e. The van der Waals surface area contributed by atoms with Crippen molar-refractivity contribution in [3.8, 4) is 0 Å². The molecule has 3 rings (SSSR count). The van der Waals surface area contributed by atoms with E-state index in [0.29, 0.717) is 12.0 Å². The van der Waals surface area contributed by atoms with E-state index in [0.717, 1.165) is 38.8 Å². The minimum Gasteiger partial charge on any atom is -0.353 e. The molecular weight excluding hydrogens is 236 g/mol. The lowest BCUT2D eigenvalue weighted by Gasteiger charge is -2.37. The second-order valence-electron chi connectivity index (χ2n) is 5.83. The Hall–Kier alpha value is -1.35. The molecule has 1 amide bonds. The minimum atomic E-state index is 0.185. The van der Waals surface area contributed by atoms with Crippen LogP contribution in [0.5, 0.6) is 0 Å². The van der Waals surface area contributed by atoms with E-state index < -0.39 is 0 Å². The lowest BCUT2D eigenvalue weighted by Crippen LogP contribution is -2.48. The minimum absolute atomic E-state index is 0.185. The van der Waals surface area contributed by atoms with Crippen LogP contribution in [-0.4, -0.2) is 25.0 Å². The summed E-state index contributed by atoms with van der Waals surface area (Å²) in [7, 11) is 0. The van der Waals surface area contributed by atoms with Crippen molar-refractivity contribution in [3.05, 3.63) is 35.9 Å². The molecule has 0 spiro atoms. The van der Waals surface area contributed by atoms with Crippen LogP contribution in [0.2, 0.25) is 0 Å². The molecule has 1 atom stereocenters. The maximum atomic E-state index is 12.1. The number of nitrogens with one attached hydrogen (secondary N) is 2. The van der Waals surface area contributed by atoms with E-state index in [1.54, 1.807) is 0 Å². The van der Waals surface area contributed by atoms with E-state index in [-0.39, 0.29) is 11.8 Å². The molecule has 1 aromatic rings. The molecule has 102 valence electrons. The van der Waals surface area contributed by atoms with Crippen LogP contribution < -0.4 is 10.6 Å². The number of carbonyl (C=O) groups is 1. The molecule has 2 fully saturated rings. The molecule has 1 aliphatic carbocycles. The van der Waals surface area contributed by atoms with Gasteiger partial charge in [-0.25, -0.2) is 0 Å². The van der Waals surface area contributed by atoms with Crippen LogP contribution in [0.25, 0.3) is 0 Å². The second-order valence-corrected chi connectivity index (χ2v) is 5.83. The zero-order chi connectivity index (χ0) is 13.1. The van der Waals surface area contributed by atoms with Gasteiger partial charge in [0, 0.05) is 12.6 Å². The van der Waals surface area contributed by atoms with Crippen molar-refractivity contribution in [2.24, 2.45) is 5.92 Å². The largest absolute Gasteiger partial charge is 0.353 e. The van der Waals surface area contributed by atoms with Crippen LogP contribution in [0.1, 0.15) is 37.2 Å². The van der Waals surface area contributed by atoms with Gasteiger partial charge < -0.3 is 10.6 Å². The first-order chi connectivity index (χ1) is 9.33. The summed E-state index contributed by atoms with van der Waals surface area (Å²) in [6, 6.07) is 11.0. The fraction of sp³-hybridized carbons (Fsp3) is 0.562. The van der Waals surface area contributed by atoms with Gasteiger partial charge in [-0.05, 0) is 43.7 Å². The van der Waals surface area contributed by atoms with Crippen LogP contribution in [0, 0.1) is 5.92 Å². The molecule has 1 saturated carbocycles. The molecule has 0 aromatic heterocycles. The van der Waals surface area contributed by atoms with E-state index in [1.165, 1.54) is 5.56 Å². The summed E-state index contributed by atoms with van der Waals surface area (Å²) in [5.74, 6) is 1.07. The third-order valence-corrected chi connectivity index (χ3v) is 4.42. The number of carbonyl (C=O) groups excluding carboxylic acids is 1. The molecule has 3 nitrogen and oxygen atoms in total. The lowest BCUT2D eigenvalue weighted by atomic mass is 9.75. The smallest absolute Gasteiger partial charge is 0.224 e. The van der Waals surface area contributed by atoms with Crippen molar-refractivity contribution >= 4 is 5.91 Å². The Morgan fingerprint density at radius 3 is 2.68 bits per heavy atom. The number of amides is 1. The van der Waals surface area contributed by atoms with Gasteiger partial charge in [-0.2, -0.15) is 0 Å². The van der Waals surface area contributed by atoms with Crippen LogP contribution in [0.4, 0.5) is 0 Å². The lowest BCUT2D eigenvalue weighted by molar-refractivity contribution is -0.126. The third kappa shape index (κ3) is 2.98. The zero-order valence-corrected chi connectivity index (χ0v) is 11.3. The molecule has 0 radical (unpaired) electrons. The van der Waals surface area contributed by atoms with Gasteiger partial charge in [0.1, 0.15) is 0 Å². The van der Waals surface area contributed by atoms with E-state index in [1.807, 2.05) is 0 Å². The molecule has 1 saturated heterocycles. The number of hydrogen-bond acceptors (Lipinski definition) is 2. The van der Waals surface area contributed by atoms with Crippen molar-refractivity contribution in [2.45, 2.75) is 37.6 Å². The topological polar surface area (TPSA) is 41.1 Å². The van der Waals surface area contributed by atoms with E-state index in [9.17, 15) is 4.79 Å². The Kier molecular flexibility index (Phi) is 3.83. The highest BCUT2D eigenvalue weighted by Crippen LogP contribution is 2.36. The van der Waals surface area contributed by atoms with Gasteiger partial charge in [0.2, 0.25) is 5.91 Å². The van der Waals surface area contributed by atoms with E-state index in [2.05, 4.69) is 41.0 Å². The van der Waals surface area contributed by atoms with E-state index in [4.69, 9.17) is 0 Å². The summed E-state index contributed by atoms with van der Waals surface area (Å²) < 4.78 is 0. The predicted octanol–water partition coefficient (Wildman–Crippen LogP) is 2.05. The van der Waals surface area contributed by atoms with Gasteiger partial charge in [-0.1, -0.05) is 30.3 Å². The number of piperidine rings is 1. The van der Waals surface area contributed by atoms with Gasteiger partial charge in [-0.15, -0.1) is 0 Å². The average Bonchev–Trinajstić information content (AvgIpc) is 2.44. The fourth-order valence-corrected chi connectivity index (χ4v) is 3.13. The third-order valence-electron chi connectivity index (χ3n) is 4.42. The van der Waals surface area contributed by atoms with Crippen molar-refractivity contribution in [3.63, 3.8) is 0 Å². The van der Waals surface area contributed by atoms with Gasteiger partial charge in [-0.3, -0.25) is 4.79 Å². The summed E-state index contributed by atoms with van der Waals surface area (Å²) in [5, 5.41) is 6.51. The Labute approximate surface area is 114 Å². The maximum absolute atomic E-state index is 12.1. The molecule has 2 aliphatic rings. The van der Waals surface area contributed by atoms with Gasteiger partial charge in [0.05, 0.1) is 5.92 Å². The number of benzene rings is 1. The molecule has 0 bridgehead atoms. The second kappa shape index (κ2) is 5.74.